The van der Waals surface area contributed by atoms with Gasteiger partial charge in [0.2, 0.25) is 0 Å². The molecule has 10 heavy (non-hydrogen) atoms. The Morgan fingerprint density at radius 1 is 1.70 bits per heavy atom. The molecule has 4 heteroatoms. The van der Waals surface area contributed by atoms with Gasteiger partial charge in [-0.05, 0) is 18.8 Å². The molecule has 0 aromatic carbocycles. The van der Waals surface area contributed by atoms with Crippen LogP contribution in [0.5, 0.6) is 0 Å². The van der Waals surface area contributed by atoms with Crippen LogP contribution < -0.4 is 5.32 Å². The maximum atomic E-state index is 10.1. The number of hydrogen-bond donors (Lipinski definition) is 2. The summed E-state index contributed by atoms with van der Waals surface area (Å²) < 4.78 is 1.15. The molecule has 0 aliphatic heterocycles. The average Bonchev–Trinajstić information content (AvgIpc) is 1.76. The fourth-order valence-electron chi connectivity index (χ4n) is 1.15. The maximum Gasteiger partial charge on any atom is 0.404 e. The van der Waals surface area contributed by atoms with Crippen molar-refractivity contribution in [1.29, 1.82) is 0 Å². The molecule has 1 saturated carbocycles. The number of rotatable bonds is 2. The summed E-state index contributed by atoms with van der Waals surface area (Å²) in [6.45, 7) is 0. The highest BCUT2D eigenvalue weighted by atomic mass is 127. The molecule has 0 heterocycles. The quantitative estimate of drug-likeness (QED) is 0.579. The van der Waals surface area contributed by atoms with Gasteiger partial charge in [-0.25, -0.2) is 4.79 Å². The van der Waals surface area contributed by atoms with E-state index in [1.807, 2.05) is 0 Å². The van der Waals surface area contributed by atoms with Gasteiger partial charge in [-0.3, -0.25) is 0 Å². The molecule has 0 atom stereocenters. The van der Waals surface area contributed by atoms with Crippen LogP contribution >= 0.6 is 22.6 Å². The number of nitrogens with one attached hydrogen (secondary N) is 1. The Labute approximate surface area is 73.3 Å². The van der Waals surface area contributed by atoms with E-state index < -0.39 is 6.09 Å². The zero-order valence-corrected chi connectivity index (χ0v) is 7.67. The molecule has 1 amide bonds. The lowest BCUT2D eigenvalue weighted by Crippen LogP contribution is -2.44. The Balaban J connectivity index is 2.08. The molecule has 1 aliphatic rings. The minimum absolute atomic E-state index is 0.234. The van der Waals surface area contributed by atoms with Crippen molar-refractivity contribution in [1.82, 2.24) is 5.32 Å². The molecule has 0 spiro atoms. The summed E-state index contributed by atoms with van der Waals surface area (Å²) in [5.74, 6) is 0.748. The fourth-order valence-corrected chi connectivity index (χ4v) is 1.87. The normalized spacial score (nSPS) is 30.9. The Kier molecular flexibility index (Phi) is 2.76. The smallest absolute Gasteiger partial charge is 0.404 e. The first kappa shape index (κ1) is 8.10. The number of carbonyl (C=O) groups is 1. The molecule has 58 valence electrons. The van der Waals surface area contributed by atoms with Gasteiger partial charge in [0, 0.05) is 10.5 Å². The molecule has 1 rings (SSSR count). The molecule has 3 nitrogen and oxygen atoms in total. The second kappa shape index (κ2) is 3.41. The largest absolute Gasteiger partial charge is 0.465 e. The molecular weight excluding hydrogens is 245 g/mol. The summed E-state index contributed by atoms with van der Waals surface area (Å²) in [4.78, 5) is 10.1. The molecule has 0 aromatic rings. The number of alkyl halides is 1. The van der Waals surface area contributed by atoms with Crippen molar-refractivity contribution in [2.75, 3.05) is 4.43 Å². The molecule has 0 bridgehead atoms. The van der Waals surface area contributed by atoms with Gasteiger partial charge in [0.05, 0.1) is 0 Å². The van der Waals surface area contributed by atoms with Crippen LogP contribution in [-0.2, 0) is 0 Å². The van der Waals surface area contributed by atoms with Gasteiger partial charge in [0.1, 0.15) is 0 Å². The van der Waals surface area contributed by atoms with Crippen molar-refractivity contribution in [3.63, 3.8) is 0 Å². The average molecular weight is 255 g/mol. The molecule has 0 unspecified atom stereocenters. The Morgan fingerprint density at radius 3 is 2.70 bits per heavy atom. The van der Waals surface area contributed by atoms with Crippen molar-refractivity contribution in [3.8, 4) is 0 Å². The van der Waals surface area contributed by atoms with Crippen molar-refractivity contribution >= 4 is 28.7 Å². The summed E-state index contributed by atoms with van der Waals surface area (Å²) >= 11 is 2.33. The van der Waals surface area contributed by atoms with E-state index in [2.05, 4.69) is 27.9 Å². The minimum atomic E-state index is -0.892. The fraction of sp³-hybridized carbons (Fsp3) is 0.833. The molecule has 0 saturated heterocycles. The molecule has 1 fully saturated rings. The lowest BCUT2D eigenvalue weighted by molar-refractivity contribution is 0.171. The highest BCUT2D eigenvalue weighted by molar-refractivity contribution is 14.1. The zero-order chi connectivity index (χ0) is 7.56. The van der Waals surface area contributed by atoms with Crippen LogP contribution in [0.4, 0.5) is 4.79 Å². The van der Waals surface area contributed by atoms with Crippen molar-refractivity contribution in [2.45, 2.75) is 18.9 Å². The highest BCUT2D eigenvalue weighted by Gasteiger charge is 2.28. The van der Waals surface area contributed by atoms with Crippen LogP contribution in [0.25, 0.3) is 0 Å². The van der Waals surface area contributed by atoms with Crippen LogP contribution in [-0.4, -0.2) is 21.7 Å². The second-order valence-electron chi connectivity index (χ2n) is 2.64. The number of halogens is 1. The summed E-state index contributed by atoms with van der Waals surface area (Å²) in [6, 6.07) is 0.234. The van der Waals surface area contributed by atoms with Crippen molar-refractivity contribution < 1.29 is 9.90 Å². The zero-order valence-electron chi connectivity index (χ0n) is 5.51. The van der Waals surface area contributed by atoms with E-state index in [1.165, 1.54) is 0 Å². The molecule has 1 aliphatic carbocycles. The third-order valence-electron chi connectivity index (χ3n) is 1.78. The van der Waals surface area contributed by atoms with Gasteiger partial charge in [-0.1, -0.05) is 22.6 Å². The Morgan fingerprint density at radius 2 is 2.30 bits per heavy atom. The van der Waals surface area contributed by atoms with Gasteiger partial charge in [-0.2, -0.15) is 0 Å². The Bertz CT molecular complexity index is 134. The number of amides is 1. The third kappa shape index (κ3) is 2.00. The summed E-state index contributed by atoms with van der Waals surface area (Å²) in [7, 11) is 0. The van der Waals surface area contributed by atoms with E-state index >= 15 is 0 Å². The van der Waals surface area contributed by atoms with Gasteiger partial charge < -0.3 is 10.4 Å². The standard InChI is InChI=1S/C6H10INO2/c7-3-4-1-5(2-4)8-6(9)10/h4-5,8H,1-3H2,(H,9,10)/t4-,5-. The predicted octanol–water partition coefficient (Wildman–Crippen LogP) is 1.47. The van der Waals surface area contributed by atoms with E-state index in [1.54, 1.807) is 0 Å². The second-order valence-corrected chi connectivity index (χ2v) is 3.52. The van der Waals surface area contributed by atoms with Crippen molar-refractivity contribution in [3.05, 3.63) is 0 Å². The van der Waals surface area contributed by atoms with E-state index in [0.29, 0.717) is 0 Å². The van der Waals surface area contributed by atoms with Gasteiger partial charge in [-0.15, -0.1) is 0 Å². The highest BCUT2D eigenvalue weighted by Crippen LogP contribution is 2.28. The van der Waals surface area contributed by atoms with E-state index in [-0.39, 0.29) is 6.04 Å². The van der Waals surface area contributed by atoms with Gasteiger partial charge in [0.25, 0.3) is 0 Å². The first-order valence-corrected chi connectivity index (χ1v) is 4.80. The van der Waals surface area contributed by atoms with Crippen LogP contribution in [0.1, 0.15) is 12.8 Å². The SMILES string of the molecule is O=C(O)N[C@H]1C[C@H](CI)C1. The van der Waals surface area contributed by atoms with Crippen LogP contribution in [0.2, 0.25) is 0 Å². The minimum Gasteiger partial charge on any atom is -0.465 e. The maximum absolute atomic E-state index is 10.1. The van der Waals surface area contributed by atoms with Gasteiger partial charge >= 0.3 is 6.09 Å². The molecule has 2 N–H and O–H groups in total. The van der Waals surface area contributed by atoms with E-state index in [4.69, 9.17) is 5.11 Å². The number of hydrogen-bond acceptors (Lipinski definition) is 1. The lowest BCUT2D eigenvalue weighted by Gasteiger charge is -2.33. The lowest BCUT2D eigenvalue weighted by atomic mass is 9.82. The molecule has 0 radical (unpaired) electrons. The van der Waals surface area contributed by atoms with Gasteiger partial charge in [0.15, 0.2) is 0 Å². The summed E-state index contributed by atoms with van der Waals surface area (Å²) in [5.41, 5.74) is 0. The third-order valence-corrected chi connectivity index (χ3v) is 3.03. The van der Waals surface area contributed by atoms with Crippen LogP contribution in [0.15, 0.2) is 0 Å². The Hall–Kier alpha value is 0. The summed E-state index contributed by atoms with van der Waals surface area (Å²) in [5, 5.41) is 10.8. The topological polar surface area (TPSA) is 49.3 Å². The predicted molar refractivity (Wildman–Crippen MR) is 46.6 cm³/mol. The molecule has 0 aromatic heterocycles. The van der Waals surface area contributed by atoms with E-state index in [0.717, 1.165) is 23.2 Å². The number of carboxylic acid groups (broad SMARTS) is 1. The van der Waals surface area contributed by atoms with Crippen molar-refractivity contribution in [2.24, 2.45) is 5.92 Å². The van der Waals surface area contributed by atoms with E-state index in [9.17, 15) is 4.79 Å². The van der Waals surface area contributed by atoms with Crippen LogP contribution in [0, 0.1) is 5.92 Å². The first-order valence-electron chi connectivity index (χ1n) is 3.27. The molecular formula is C6H10INO2. The summed E-state index contributed by atoms with van der Waals surface area (Å²) in [6.07, 6.45) is 1.15. The first-order chi connectivity index (χ1) is 4.72. The monoisotopic (exact) mass is 255 g/mol. The van der Waals surface area contributed by atoms with Crippen LogP contribution in [0.3, 0.4) is 0 Å².